The van der Waals surface area contributed by atoms with Gasteiger partial charge in [-0.25, -0.2) is 0 Å². The molecule has 0 radical (unpaired) electrons. The van der Waals surface area contributed by atoms with Crippen molar-refractivity contribution >= 4 is 0 Å². The van der Waals surface area contributed by atoms with Crippen LogP contribution in [-0.2, 0) is 4.74 Å². The smallest absolute Gasteiger partial charge is 0.0476 e. The zero-order valence-electron chi connectivity index (χ0n) is 12.4. The van der Waals surface area contributed by atoms with Crippen LogP contribution in [0.3, 0.4) is 0 Å². The van der Waals surface area contributed by atoms with Crippen LogP contribution in [0.25, 0.3) is 0 Å². The predicted octanol–water partition coefficient (Wildman–Crippen LogP) is 2.45. The van der Waals surface area contributed by atoms with E-state index in [2.05, 4.69) is 47.5 Å². The lowest BCUT2D eigenvalue weighted by Gasteiger charge is -2.44. The van der Waals surface area contributed by atoms with Gasteiger partial charge in [-0.3, -0.25) is 4.90 Å². The van der Waals surface area contributed by atoms with Gasteiger partial charge in [0.25, 0.3) is 0 Å². The van der Waals surface area contributed by atoms with Crippen LogP contribution in [0.4, 0.5) is 0 Å². The molecule has 3 nitrogen and oxygen atoms in total. The summed E-state index contributed by atoms with van der Waals surface area (Å²) in [6, 6.07) is 12.1. The van der Waals surface area contributed by atoms with Crippen LogP contribution < -0.4 is 5.32 Å². The molecule has 2 atom stereocenters. The van der Waals surface area contributed by atoms with Crippen LogP contribution in [0.15, 0.2) is 30.3 Å². The van der Waals surface area contributed by atoms with Gasteiger partial charge in [-0.1, -0.05) is 30.3 Å². The zero-order chi connectivity index (χ0) is 13.8. The first kappa shape index (κ1) is 14.1. The maximum atomic E-state index is 5.52. The van der Waals surface area contributed by atoms with Gasteiger partial charge in [0.15, 0.2) is 0 Å². The molecule has 0 aromatic heterocycles. The SMILES string of the molecule is CC(C1CCOCC1)N1CCNCC1c1ccccc1. The number of rotatable bonds is 3. The molecule has 2 unspecified atom stereocenters. The standard InChI is InChI=1S/C17H26N2O/c1-14(15-7-11-20-12-8-15)19-10-9-18-13-17(19)16-5-3-2-4-6-16/h2-6,14-15,17-18H,7-13H2,1H3. The lowest BCUT2D eigenvalue weighted by molar-refractivity contribution is 0.0108. The monoisotopic (exact) mass is 274 g/mol. The zero-order valence-corrected chi connectivity index (χ0v) is 12.4. The molecule has 2 fully saturated rings. The molecular formula is C17H26N2O. The number of hydrogen-bond donors (Lipinski definition) is 1. The average molecular weight is 274 g/mol. The lowest BCUT2D eigenvalue weighted by Crippen LogP contribution is -2.52. The Balaban J connectivity index is 1.74. The fraction of sp³-hybridized carbons (Fsp3) is 0.647. The van der Waals surface area contributed by atoms with Crippen LogP contribution in [0.5, 0.6) is 0 Å². The highest BCUT2D eigenvalue weighted by molar-refractivity contribution is 5.20. The Bertz CT molecular complexity index is 403. The van der Waals surface area contributed by atoms with E-state index in [1.165, 1.54) is 18.4 Å². The molecule has 110 valence electrons. The van der Waals surface area contributed by atoms with E-state index in [1.54, 1.807) is 0 Å². The molecule has 2 aliphatic heterocycles. The van der Waals surface area contributed by atoms with Crippen molar-refractivity contribution < 1.29 is 4.74 Å². The molecule has 3 heteroatoms. The van der Waals surface area contributed by atoms with Crippen LogP contribution >= 0.6 is 0 Å². The highest BCUT2D eigenvalue weighted by atomic mass is 16.5. The van der Waals surface area contributed by atoms with Gasteiger partial charge in [0.05, 0.1) is 0 Å². The van der Waals surface area contributed by atoms with Crippen molar-refractivity contribution in [2.24, 2.45) is 5.92 Å². The molecule has 20 heavy (non-hydrogen) atoms. The van der Waals surface area contributed by atoms with Gasteiger partial charge >= 0.3 is 0 Å². The van der Waals surface area contributed by atoms with E-state index in [-0.39, 0.29) is 0 Å². The summed E-state index contributed by atoms with van der Waals surface area (Å²) in [4.78, 5) is 2.71. The normalized spacial score (nSPS) is 27.4. The van der Waals surface area contributed by atoms with Crippen molar-refractivity contribution in [2.75, 3.05) is 32.8 Å². The van der Waals surface area contributed by atoms with Crippen molar-refractivity contribution in [3.8, 4) is 0 Å². The van der Waals surface area contributed by atoms with Gasteiger partial charge in [0.2, 0.25) is 0 Å². The van der Waals surface area contributed by atoms with E-state index >= 15 is 0 Å². The number of piperazine rings is 1. The predicted molar refractivity (Wildman–Crippen MR) is 81.8 cm³/mol. The third kappa shape index (κ3) is 3.05. The second-order valence-corrected chi connectivity index (χ2v) is 6.06. The maximum Gasteiger partial charge on any atom is 0.0476 e. The number of nitrogens with one attached hydrogen (secondary N) is 1. The molecule has 0 bridgehead atoms. The minimum absolute atomic E-state index is 0.516. The first-order valence-corrected chi connectivity index (χ1v) is 7.95. The fourth-order valence-corrected chi connectivity index (χ4v) is 3.66. The molecule has 0 amide bonds. The van der Waals surface area contributed by atoms with Crippen molar-refractivity contribution in [2.45, 2.75) is 31.8 Å². The molecule has 2 heterocycles. The summed E-state index contributed by atoms with van der Waals surface area (Å²) in [5.74, 6) is 0.785. The maximum absolute atomic E-state index is 5.52. The van der Waals surface area contributed by atoms with Gasteiger partial charge in [-0.2, -0.15) is 0 Å². The Labute approximate surface area is 122 Å². The van der Waals surface area contributed by atoms with Crippen molar-refractivity contribution in [3.63, 3.8) is 0 Å². The molecule has 1 N–H and O–H groups in total. The summed E-state index contributed by atoms with van der Waals surface area (Å²) in [7, 11) is 0. The largest absolute Gasteiger partial charge is 0.381 e. The Hall–Kier alpha value is -0.900. The fourth-order valence-electron chi connectivity index (χ4n) is 3.66. The van der Waals surface area contributed by atoms with Gasteiger partial charge in [-0.05, 0) is 31.2 Å². The number of ether oxygens (including phenoxy) is 1. The van der Waals surface area contributed by atoms with E-state index in [0.717, 1.165) is 38.8 Å². The quantitative estimate of drug-likeness (QED) is 0.916. The third-order valence-electron chi connectivity index (χ3n) is 4.94. The minimum atomic E-state index is 0.516. The first-order chi connectivity index (χ1) is 9.86. The Kier molecular flexibility index (Phi) is 4.71. The highest BCUT2D eigenvalue weighted by Crippen LogP contribution is 2.30. The molecule has 2 saturated heterocycles. The molecule has 1 aromatic rings. The van der Waals surface area contributed by atoms with Gasteiger partial charge < -0.3 is 10.1 Å². The van der Waals surface area contributed by atoms with Gasteiger partial charge in [0.1, 0.15) is 0 Å². The Morgan fingerprint density at radius 3 is 2.70 bits per heavy atom. The third-order valence-corrected chi connectivity index (χ3v) is 4.94. The second kappa shape index (κ2) is 6.70. The summed E-state index contributed by atoms with van der Waals surface area (Å²) < 4.78 is 5.52. The first-order valence-electron chi connectivity index (χ1n) is 7.95. The number of nitrogens with zero attached hydrogens (tertiary/aromatic N) is 1. The lowest BCUT2D eigenvalue weighted by atomic mass is 9.89. The van der Waals surface area contributed by atoms with Crippen molar-refractivity contribution in [1.82, 2.24) is 10.2 Å². The average Bonchev–Trinajstić information content (AvgIpc) is 2.56. The second-order valence-electron chi connectivity index (χ2n) is 6.06. The van der Waals surface area contributed by atoms with Crippen molar-refractivity contribution in [1.29, 1.82) is 0 Å². The molecular weight excluding hydrogens is 248 g/mol. The van der Waals surface area contributed by atoms with E-state index in [0.29, 0.717) is 12.1 Å². The number of benzene rings is 1. The summed E-state index contributed by atoms with van der Waals surface area (Å²) in [5.41, 5.74) is 1.44. The van der Waals surface area contributed by atoms with E-state index < -0.39 is 0 Å². The van der Waals surface area contributed by atoms with Crippen LogP contribution in [0, 0.1) is 5.92 Å². The summed E-state index contributed by atoms with van der Waals surface area (Å²) in [5, 5.41) is 3.55. The highest BCUT2D eigenvalue weighted by Gasteiger charge is 2.32. The summed E-state index contributed by atoms with van der Waals surface area (Å²) in [6.07, 6.45) is 2.43. The molecule has 1 aromatic carbocycles. The van der Waals surface area contributed by atoms with E-state index in [1.807, 2.05) is 0 Å². The Morgan fingerprint density at radius 2 is 1.95 bits per heavy atom. The number of hydrogen-bond acceptors (Lipinski definition) is 3. The van der Waals surface area contributed by atoms with Gasteiger partial charge in [-0.15, -0.1) is 0 Å². The Morgan fingerprint density at radius 1 is 1.20 bits per heavy atom. The van der Waals surface area contributed by atoms with E-state index in [4.69, 9.17) is 4.74 Å². The topological polar surface area (TPSA) is 24.5 Å². The van der Waals surface area contributed by atoms with Gasteiger partial charge in [0, 0.05) is 44.9 Å². The molecule has 0 aliphatic carbocycles. The summed E-state index contributed by atoms with van der Waals surface area (Å²) in [6.45, 7) is 7.62. The summed E-state index contributed by atoms with van der Waals surface area (Å²) >= 11 is 0. The van der Waals surface area contributed by atoms with Crippen molar-refractivity contribution in [3.05, 3.63) is 35.9 Å². The van der Waals surface area contributed by atoms with Crippen LogP contribution in [-0.4, -0.2) is 43.8 Å². The molecule has 3 rings (SSSR count). The van der Waals surface area contributed by atoms with E-state index in [9.17, 15) is 0 Å². The minimum Gasteiger partial charge on any atom is -0.381 e. The van der Waals surface area contributed by atoms with Crippen LogP contribution in [0.1, 0.15) is 31.4 Å². The molecule has 0 saturated carbocycles. The molecule has 2 aliphatic rings. The van der Waals surface area contributed by atoms with Crippen LogP contribution in [0.2, 0.25) is 0 Å². The molecule has 0 spiro atoms.